The van der Waals surface area contributed by atoms with Gasteiger partial charge in [-0.3, -0.25) is 0 Å². The van der Waals surface area contributed by atoms with Crippen LogP contribution in [0.15, 0.2) is 0 Å². The van der Waals surface area contributed by atoms with E-state index in [9.17, 15) is 0 Å². The highest BCUT2D eigenvalue weighted by Crippen LogP contribution is 2.02. The first-order valence-corrected chi connectivity index (χ1v) is 7.48. The average molecular weight is 261 g/mol. The minimum absolute atomic E-state index is 0.599. The lowest BCUT2D eigenvalue weighted by molar-refractivity contribution is 0.238. The quantitative estimate of drug-likeness (QED) is 0.760. The number of likely N-dealkylation sites (N-methyl/N-ethyl adjacent to an activating group) is 3. The van der Waals surface area contributed by atoms with Crippen LogP contribution in [-0.4, -0.2) is 63.7 Å². The Hall–Kier alpha value is -0.120. The fraction of sp³-hybridized carbons (Fsp3) is 1.00. The molecule has 0 aromatic carbocycles. The minimum atomic E-state index is 0.599. The molecule has 3 heteroatoms. The van der Waals surface area contributed by atoms with Crippen LogP contribution in [0.25, 0.3) is 0 Å². The van der Waals surface area contributed by atoms with E-state index in [1.165, 1.54) is 0 Å². The Morgan fingerprint density at radius 3 is 1.61 bits per heavy atom. The molecule has 0 aromatic rings. The zero-order valence-electron chi connectivity index (χ0n) is 14.7. The molecule has 18 heavy (non-hydrogen) atoms. The monoisotopic (exact) mass is 261 g/mol. The molecule has 1 atom stereocenters. The van der Waals surface area contributed by atoms with Gasteiger partial charge in [0, 0.05) is 25.7 Å². The van der Waals surface area contributed by atoms with Crippen LogP contribution in [0.3, 0.4) is 0 Å². The third-order valence-electron chi connectivity index (χ3n) is 2.61. The highest BCUT2D eigenvalue weighted by molar-refractivity contribution is 4.72. The summed E-state index contributed by atoms with van der Waals surface area (Å²) in [6, 6.07) is 0.599. The fourth-order valence-corrected chi connectivity index (χ4v) is 1.43. The summed E-state index contributed by atoms with van der Waals surface area (Å²) in [6.45, 7) is 15.9. The van der Waals surface area contributed by atoms with Gasteiger partial charge in [-0.25, -0.2) is 0 Å². The second-order valence-electron chi connectivity index (χ2n) is 4.70. The van der Waals surface area contributed by atoms with Gasteiger partial charge in [-0.05, 0) is 34.1 Å². The maximum absolute atomic E-state index is 3.36. The summed E-state index contributed by atoms with van der Waals surface area (Å²) >= 11 is 0. The van der Waals surface area contributed by atoms with Crippen LogP contribution in [0.4, 0.5) is 0 Å². The van der Waals surface area contributed by atoms with E-state index < -0.39 is 0 Å². The minimum Gasteiger partial charge on any atom is -0.315 e. The van der Waals surface area contributed by atoms with Crippen LogP contribution in [0.2, 0.25) is 0 Å². The zero-order valence-corrected chi connectivity index (χ0v) is 14.7. The van der Waals surface area contributed by atoms with Gasteiger partial charge in [0.2, 0.25) is 0 Å². The Morgan fingerprint density at radius 2 is 1.33 bits per heavy atom. The van der Waals surface area contributed by atoms with E-state index in [4.69, 9.17) is 0 Å². The first-order valence-electron chi connectivity index (χ1n) is 7.48. The molecule has 1 unspecified atom stereocenters. The van der Waals surface area contributed by atoms with Crippen molar-refractivity contribution in [2.45, 2.75) is 47.6 Å². The number of rotatable bonds is 7. The van der Waals surface area contributed by atoms with Crippen LogP contribution in [0.1, 0.15) is 41.5 Å². The highest BCUT2D eigenvalue weighted by Gasteiger charge is 2.12. The Labute approximate surface area is 117 Å². The Balaban J connectivity index is -0.000000506. The third kappa shape index (κ3) is 15.9. The molecule has 0 saturated heterocycles. The van der Waals surface area contributed by atoms with Crippen molar-refractivity contribution in [2.24, 2.45) is 5.92 Å². The molecule has 0 fully saturated rings. The standard InChI is InChI=1S/C11H27N3.2C2H6/c1-10(2)11(12-3)9-14(6)8-7-13(4)5;2*1-2/h10-12H,7-9H2,1-6H3;2*1-2H3. The summed E-state index contributed by atoms with van der Waals surface area (Å²) in [7, 11) is 8.47. The normalized spacial score (nSPS) is 11.8. The molecular weight excluding hydrogens is 222 g/mol. The van der Waals surface area contributed by atoms with Gasteiger partial charge in [0.15, 0.2) is 0 Å². The van der Waals surface area contributed by atoms with Gasteiger partial charge < -0.3 is 15.1 Å². The van der Waals surface area contributed by atoms with Gasteiger partial charge in [0.05, 0.1) is 0 Å². The number of nitrogens with one attached hydrogen (secondary N) is 1. The van der Waals surface area contributed by atoms with Gasteiger partial charge in [-0.1, -0.05) is 41.5 Å². The average Bonchev–Trinajstić information content (AvgIpc) is 2.37. The number of nitrogens with zero attached hydrogens (tertiary/aromatic N) is 2. The van der Waals surface area contributed by atoms with Crippen LogP contribution >= 0.6 is 0 Å². The van der Waals surface area contributed by atoms with Crippen LogP contribution in [-0.2, 0) is 0 Å². The lowest BCUT2D eigenvalue weighted by Gasteiger charge is -2.27. The van der Waals surface area contributed by atoms with Crippen LogP contribution in [0.5, 0.6) is 0 Å². The van der Waals surface area contributed by atoms with Gasteiger partial charge in [-0.15, -0.1) is 0 Å². The third-order valence-corrected chi connectivity index (χ3v) is 2.61. The van der Waals surface area contributed by atoms with E-state index in [0.29, 0.717) is 12.0 Å². The van der Waals surface area contributed by atoms with Crippen molar-refractivity contribution in [3.8, 4) is 0 Å². The van der Waals surface area contributed by atoms with Gasteiger partial charge in [-0.2, -0.15) is 0 Å². The highest BCUT2D eigenvalue weighted by atomic mass is 15.2. The number of hydrogen-bond acceptors (Lipinski definition) is 3. The number of hydrogen-bond donors (Lipinski definition) is 1. The van der Waals surface area contributed by atoms with E-state index in [1.54, 1.807) is 0 Å². The molecular formula is C15H39N3. The van der Waals surface area contributed by atoms with Crippen molar-refractivity contribution in [2.75, 3.05) is 47.8 Å². The largest absolute Gasteiger partial charge is 0.315 e. The van der Waals surface area contributed by atoms with Crippen molar-refractivity contribution < 1.29 is 0 Å². The molecule has 0 radical (unpaired) electrons. The SMILES string of the molecule is CC.CC.CNC(CN(C)CCN(C)C)C(C)C. The lowest BCUT2D eigenvalue weighted by atomic mass is 10.0. The molecule has 1 N–H and O–H groups in total. The predicted octanol–water partition coefficient (Wildman–Crippen LogP) is 2.78. The van der Waals surface area contributed by atoms with Gasteiger partial charge >= 0.3 is 0 Å². The molecule has 0 aliphatic heterocycles. The first kappa shape index (κ1) is 23.0. The second kappa shape index (κ2) is 16.9. The van der Waals surface area contributed by atoms with E-state index in [1.807, 2.05) is 34.7 Å². The van der Waals surface area contributed by atoms with Crippen molar-refractivity contribution >= 4 is 0 Å². The Kier molecular flexibility index (Phi) is 21.6. The molecule has 0 bridgehead atoms. The van der Waals surface area contributed by atoms with Crippen molar-refractivity contribution in [1.82, 2.24) is 15.1 Å². The maximum Gasteiger partial charge on any atom is 0.0214 e. The molecule has 0 rings (SSSR count). The zero-order chi connectivity index (χ0) is 15.1. The molecule has 0 aromatic heterocycles. The topological polar surface area (TPSA) is 18.5 Å². The summed E-state index contributed by atoms with van der Waals surface area (Å²) in [4.78, 5) is 4.61. The predicted molar refractivity (Wildman–Crippen MR) is 86.4 cm³/mol. The molecule has 0 amide bonds. The Bertz CT molecular complexity index is 136. The summed E-state index contributed by atoms with van der Waals surface area (Å²) in [6.07, 6.45) is 0. The van der Waals surface area contributed by atoms with Gasteiger partial charge in [0.1, 0.15) is 0 Å². The van der Waals surface area contributed by atoms with Gasteiger partial charge in [0.25, 0.3) is 0 Å². The fourth-order valence-electron chi connectivity index (χ4n) is 1.43. The molecule has 0 saturated carbocycles. The summed E-state index contributed by atoms with van der Waals surface area (Å²) in [5, 5.41) is 3.36. The first-order chi connectivity index (χ1) is 8.47. The van der Waals surface area contributed by atoms with E-state index in [-0.39, 0.29) is 0 Å². The molecule has 3 nitrogen and oxygen atoms in total. The van der Waals surface area contributed by atoms with Crippen molar-refractivity contribution in [1.29, 1.82) is 0 Å². The molecule has 0 spiro atoms. The lowest BCUT2D eigenvalue weighted by Crippen LogP contribution is -2.42. The summed E-state index contributed by atoms with van der Waals surface area (Å²) in [5.41, 5.74) is 0. The van der Waals surface area contributed by atoms with E-state index >= 15 is 0 Å². The summed E-state index contributed by atoms with van der Waals surface area (Å²) in [5.74, 6) is 0.696. The molecule has 0 aliphatic rings. The maximum atomic E-state index is 3.36. The van der Waals surface area contributed by atoms with Crippen LogP contribution < -0.4 is 5.32 Å². The second-order valence-corrected chi connectivity index (χ2v) is 4.70. The molecule has 114 valence electrons. The summed E-state index contributed by atoms with van der Waals surface area (Å²) < 4.78 is 0. The van der Waals surface area contributed by atoms with Crippen molar-refractivity contribution in [3.05, 3.63) is 0 Å². The van der Waals surface area contributed by atoms with E-state index in [2.05, 4.69) is 50.1 Å². The van der Waals surface area contributed by atoms with Crippen LogP contribution in [0, 0.1) is 5.92 Å². The molecule has 0 heterocycles. The molecule has 0 aliphatic carbocycles. The smallest absolute Gasteiger partial charge is 0.0214 e. The van der Waals surface area contributed by atoms with Crippen molar-refractivity contribution in [3.63, 3.8) is 0 Å². The van der Waals surface area contributed by atoms with E-state index in [0.717, 1.165) is 19.6 Å². The Morgan fingerprint density at radius 1 is 0.889 bits per heavy atom.